The molecule has 0 saturated carbocycles. The fourth-order valence-electron chi connectivity index (χ4n) is 1.61. The van der Waals surface area contributed by atoms with E-state index in [0.717, 1.165) is 0 Å². The quantitative estimate of drug-likeness (QED) is 0.836. The first-order valence-electron chi connectivity index (χ1n) is 5.92. The molecule has 0 radical (unpaired) electrons. The molecule has 1 heterocycles. The van der Waals surface area contributed by atoms with Crippen LogP contribution in [0.4, 0.5) is 5.69 Å². The minimum atomic E-state index is -0.385. The van der Waals surface area contributed by atoms with Crippen molar-refractivity contribution in [3.8, 4) is 11.8 Å². The maximum atomic E-state index is 12.3. The number of anilines is 1. The number of benzene rings is 1. The van der Waals surface area contributed by atoms with Gasteiger partial charge in [-0.15, -0.1) is 0 Å². The second-order valence-corrected chi connectivity index (χ2v) is 4.80. The Labute approximate surface area is 131 Å². The number of pyridine rings is 1. The molecule has 1 aromatic heterocycles. The highest BCUT2D eigenvalue weighted by Gasteiger charge is 2.12. The zero-order valence-electron chi connectivity index (χ0n) is 10.7. The molecule has 0 aliphatic carbocycles. The number of nitrogens with one attached hydrogen (secondary N) is 1. The number of halogens is 2. The summed E-state index contributed by atoms with van der Waals surface area (Å²) in [6.07, 6.45) is 2.94. The Morgan fingerprint density at radius 2 is 2.14 bits per heavy atom. The summed E-state index contributed by atoms with van der Waals surface area (Å²) in [5.74, 6) is 4.77. The van der Waals surface area contributed by atoms with Crippen molar-refractivity contribution in [1.29, 1.82) is 0 Å². The molecule has 1 amide bonds. The highest BCUT2D eigenvalue weighted by molar-refractivity contribution is 6.35. The Morgan fingerprint density at radius 1 is 1.33 bits per heavy atom. The topological polar surface area (TPSA) is 62.2 Å². The monoisotopic (exact) mass is 320 g/mol. The van der Waals surface area contributed by atoms with E-state index in [4.69, 9.17) is 28.3 Å². The summed E-state index contributed by atoms with van der Waals surface area (Å²) < 4.78 is 0. The number of hydrogen-bond donors (Lipinski definition) is 2. The molecule has 0 atom stereocenters. The summed E-state index contributed by atoms with van der Waals surface area (Å²) >= 11 is 11.9. The molecule has 2 aromatic rings. The Kier molecular flexibility index (Phi) is 5.18. The van der Waals surface area contributed by atoms with Gasteiger partial charge in [0.05, 0.1) is 21.8 Å². The molecule has 2 rings (SSSR count). The summed E-state index contributed by atoms with van der Waals surface area (Å²) in [6, 6.07) is 6.32. The van der Waals surface area contributed by atoms with Gasteiger partial charge in [0.15, 0.2) is 0 Å². The van der Waals surface area contributed by atoms with Crippen molar-refractivity contribution in [2.75, 3.05) is 11.9 Å². The molecule has 0 bridgehead atoms. The van der Waals surface area contributed by atoms with Gasteiger partial charge in [-0.1, -0.05) is 35.0 Å². The van der Waals surface area contributed by atoms with Gasteiger partial charge in [0, 0.05) is 17.4 Å². The van der Waals surface area contributed by atoms with Gasteiger partial charge in [0.25, 0.3) is 5.91 Å². The second kappa shape index (κ2) is 7.09. The van der Waals surface area contributed by atoms with Crippen molar-refractivity contribution >= 4 is 34.8 Å². The van der Waals surface area contributed by atoms with E-state index in [9.17, 15) is 4.79 Å². The summed E-state index contributed by atoms with van der Waals surface area (Å²) in [6.45, 7) is -0.296. The van der Waals surface area contributed by atoms with Crippen LogP contribution in [0.2, 0.25) is 10.0 Å². The maximum Gasteiger partial charge on any atom is 0.257 e. The van der Waals surface area contributed by atoms with Crippen LogP contribution in [-0.4, -0.2) is 22.6 Å². The molecule has 0 spiro atoms. The first-order valence-corrected chi connectivity index (χ1v) is 6.67. The van der Waals surface area contributed by atoms with E-state index < -0.39 is 0 Å². The third-order valence-electron chi connectivity index (χ3n) is 2.54. The number of rotatable bonds is 2. The van der Waals surface area contributed by atoms with Gasteiger partial charge in [-0.3, -0.25) is 9.78 Å². The normalized spacial score (nSPS) is 9.67. The summed E-state index contributed by atoms with van der Waals surface area (Å²) in [5, 5.41) is 12.2. The first kappa shape index (κ1) is 15.3. The van der Waals surface area contributed by atoms with Crippen LogP contribution in [0.1, 0.15) is 15.9 Å². The molecule has 0 fully saturated rings. The molecule has 0 unspecified atom stereocenters. The lowest BCUT2D eigenvalue weighted by molar-refractivity contribution is 0.102. The summed E-state index contributed by atoms with van der Waals surface area (Å²) in [5.41, 5.74) is 1.16. The molecular formula is C15H10Cl2N2O2. The van der Waals surface area contributed by atoms with Crippen molar-refractivity contribution in [1.82, 2.24) is 4.98 Å². The molecule has 106 valence electrons. The molecule has 4 nitrogen and oxygen atoms in total. The van der Waals surface area contributed by atoms with E-state index in [1.165, 1.54) is 18.5 Å². The van der Waals surface area contributed by atoms with Gasteiger partial charge in [0.2, 0.25) is 0 Å². The first-order chi connectivity index (χ1) is 10.1. The zero-order valence-corrected chi connectivity index (χ0v) is 12.2. The number of nitrogens with zero attached hydrogens (tertiary/aromatic N) is 1. The number of hydrogen-bond acceptors (Lipinski definition) is 3. The average Bonchev–Trinajstić information content (AvgIpc) is 2.49. The van der Waals surface area contributed by atoms with Gasteiger partial charge in [-0.2, -0.15) is 0 Å². The zero-order chi connectivity index (χ0) is 15.2. The van der Waals surface area contributed by atoms with Crippen LogP contribution < -0.4 is 5.32 Å². The predicted molar refractivity (Wildman–Crippen MR) is 82.6 cm³/mol. The lowest BCUT2D eigenvalue weighted by atomic mass is 10.1. The Balaban J connectivity index is 2.31. The van der Waals surface area contributed by atoms with Crippen LogP contribution in [0.5, 0.6) is 0 Å². The minimum absolute atomic E-state index is 0.296. The molecule has 1 aromatic carbocycles. The molecule has 2 N–H and O–H groups in total. The van der Waals surface area contributed by atoms with E-state index in [1.54, 1.807) is 18.2 Å². The number of aromatic nitrogens is 1. The number of aliphatic hydroxyl groups is 1. The van der Waals surface area contributed by atoms with Crippen molar-refractivity contribution in [3.05, 3.63) is 57.8 Å². The van der Waals surface area contributed by atoms with Crippen LogP contribution in [0.3, 0.4) is 0 Å². The Morgan fingerprint density at radius 3 is 2.90 bits per heavy atom. The van der Waals surface area contributed by atoms with E-state index in [-0.39, 0.29) is 12.5 Å². The van der Waals surface area contributed by atoms with E-state index in [1.807, 2.05) is 0 Å². The molecule has 0 saturated heterocycles. The fourth-order valence-corrected chi connectivity index (χ4v) is 1.95. The number of amides is 1. The van der Waals surface area contributed by atoms with E-state index in [0.29, 0.717) is 26.9 Å². The molecular weight excluding hydrogens is 311 g/mol. The highest BCUT2D eigenvalue weighted by Crippen LogP contribution is 2.26. The SMILES string of the molecule is O=C(Nc1cc(Cl)ccc1Cl)c1ccncc1C#CCO. The lowest BCUT2D eigenvalue weighted by Crippen LogP contribution is -2.14. The highest BCUT2D eigenvalue weighted by atomic mass is 35.5. The van der Waals surface area contributed by atoms with Gasteiger partial charge < -0.3 is 10.4 Å². The maximum absolute atomic E-state index is 12.3. The van der Waals surface area contributed by atoms with Crippen LogP contribution in [-0.2, 0) is 0 Å². The lowest BCUT2D eigenvalue weighted by Gasteiger charge is -2.08. The van der Waals surface area contributed by atoms with Gasteiger partial charge in [-0.25, -0.2) is 0 Å². The molecule has 0 aliphatic rings. The van der Waals surface area contributed by atoms with Crippen LogP contribution >= 0.6 is 23.2 Å². The average molecular weight is 321 g/mol. The third-order valence-corrected chi connectivity index (χ3v) is 3.11. The van der Waals surface area contributed by atoms with E-state index >= 15 is 0 Å². The Bertz CT molecular complexity index is 736. The molecule has 0 aliphatic heterocycles. The molecule has 6 heteroatoms. The number of carbonyl (C=O) groups is 1. The largest absolute Gasteiger partial charge is 0.384 e. The van der Waals surface area contributed by atoms with Gasteiger partial charge in [0.1, 0.15) is 6.61 Å². The van der Waals surface area contributed by atoms with Crippen molar-refractivity contribution in [2.45, 2.75) is 0 Å². The summed E-state index contributed by atoms with van der Waals surface area (Å²) in [4.78, 5) is 16.2. The molecule has 21 heavy (non-hydrogen) atoms. The van der Waals surface area contributed by atoms with Crippen LogP contribution in [0, 0.1) is 11.8 Å². The predicted octanol–water partition coefficient (Wildman–Crippen LogP) is 2.98. The van der Waals surface area contributed by atoms with Crippen LogP contribution in [0.15, 0.2) is 36.7 Å². The van der Waals surface area contributed by atoms with Crippen LogP contribution in [0.25, 0.3) is 0 Å². The smallest absolute Gasteiger partial charge is 0.257 e. The second-order valence-electron chi connectivity index (χ2n) is 3.96. The van der Waals surface area contributed by atoms with Crippen molar-refractivity contribution in [3.63, 3.8) is 0 Å². The van der Waals surface area contributed by atoms with Crippen molar-refractivity contribution in [2.24, 2.45) is 0 Å². The van der Waals surface area contributed by atoms with Crippen molar-refractivity contribution < 1.29 is 9.90 Å². The fraction of sp³-hybridized carbons (Fsp3) is 0.0667. The van der Waals surface area contributed by atoms with Gasteiger partial charge >= 0.3 is 0 Å². The Hall–Kier alpha value is -2.06. The minimum Gasteiger partial charge on any atom is -0.384 e. The van der Waals surface area contributed by atoms with Gasteiger partial charge in [-0.05, 0) is 24.3 Å². The number of aliphatic hydroxyl groups excluding tert-OH is 1. The summed E-state index contributed by atoms with van der Waals surface area (Å²) in [7, 11) is 0. The third kappa shape index (κ3) is 3.96. The standard InChI is InChI=1S/C15H10Cl2N2O2/c16-11-3-4-13(17)14(8-11)19-15(21)12-5-6-18-9-10(12)2-1-7-20/h3-6,8-9,20H,7H2,(H,19,21). The number of carbonyl (C=O) groups excluding carboxylic acids is 1. The van der Waals surface area contributed by atoms with E-state index in [2.05, 4.69) is 22.1 Å².